The van der Waals surface area contributed by atoms with E-state index in [9.17, 15) is 5.26 Å². The molecule has 1 unspecified atom stereocenters. The summed E-state index contributed by atoms with van der Waals surface area (Å²) in [6.45, 7) is 10.4. The molecule has 1 atom stereocenters. The number of rotatable bonds is 6. The molecular weight excluding hydrogens is 212 g/mol. The Kier molecular flexibility index (Phi) is 5.90. The highest BCUT2D eigenvalue weighted by Crippen LogP contribution is 2.19. The van der Waals surface area contributed by atoms with E-state index in [4.69, 9.17) is 0 Å². The van der Waals surface area contributed by atoms with Crippen molar-refractivity contribution in [2.24, 2.45) is 0 Å². The van der Waals surface area contributed by atoms with E-state index < -0.39 is 0 Å². The molecule has 0 aliphatic carbocycles. The van der Waals surface area contributed by atoms with Crippen molar-refractivity contribution in [3.05, 3.63) is 0 Å². The second kappa shape index (κ2) is 6.95. The summed E-state index contributed by atoms with van der Waals surface area (Å²) in [7, 11) is 2.09. The van der Waals surface area contributed by atoms with Crippen LogP contribution in [0.3, 0.4) is 0 Å². The molecule has 0 saturated carbocycles. The van der Waals surface area contributed by atoms with Gasteiger partial charge in [0, 0.05) is 19.6 Å². The van der Waals surface area contributed by atoms with Crippen molar-refractivity contribution in [3.8, 4) is 6.07 Å². The fourth-order valence-corrected chi connectivity index (χ4v) is 2.54. The first-order valence-electron chi connectivity index (χ1n) is 6.73. The largest absolute Gasteiger partial charge is 0.303 e. The van der Waals surface area contributed by atoms with Gasteiger partial charge in [-0.05, 0) is 39.5 Å². The Morgan fingerprint density at radius 1 is 1.41 bits per heavy atom. The van der Waals surface area contributed by atoms with E-state index in [1.54, 1.807) is 0 Å². The molecule has 98 valence electrons. The first-order valence-corrected chi connectivity index (χ1v) is 6.73. The molecule has 17 heavy (non-hydrogen) atoms. The Morgan fingerprint density at radius 3 is 2.65 bits per heavy atom. The molecule has 1 rings (SSSR count). The summed E-state index contributed by atoms with van der Waals surface area (Å²) >= 11 is 0. The van der Waals surface area contributed by atoms with Crippen LogP contribution in [-0.4, -0.2) is 61.7 Å². The number of nitriles is 1. The number of hydrogen-bond donors (Lipinski definition) is 1. The van der Waals surface area contributed by atoms with Crippen LogP contribution in [0.4, 0.5) is 0 Å². The highest BCUT2D eigenvalue weighted by molar-refractivity contribution is 5.10. The van der Waals surface area contributed by atoms with Crippen molar-refractivity contribution in [2.45, 2.75) is 32.2 Å². The normalized spacial score (nSPS) is 26.1. The van der Waals surface area contributed by atoms with Crippen LogP contribution in [0.15, 0.2) is 0 Å². The second-order valence-corrected chi connectivity index (χ2v) is 4.99. The summed E-state index contributed by atoms with van der Waals surface area (Å²) in [5.41, 5.74) is -0.319. The molecule has 4 nitrogen and oxygen atoms in total. The van der Waals surface area contributed by atoms with Crippen LogP contribution in [0.1, 0.15) is 26.7 Å². The monoisotopic (exact) mass is 238 g/mol. The molecule has 0 aromatic heterocycles. The van der Waals surface area contributed by atoms with Crippen molar-refractivity contribution < 1.29 is 0 Å². The predicted molar refractivity (Wildman–Crippen MR) is 70.9 cm³/mol. The van der Waals surface area contributed by atoms with Crippen LogP contribution in [0.5, 0.6) is 0 Å². The maximum atomic E-state index is 9.39. The van der Waals surface area contributed by atoms with E-state index in [2.05, 4.69) is 42.1 Å². The SMILES string of the molecule is CCN(CC)CCNC1(C#N)CCCN(C)C1. The Hall–Kier alpha value is -0.630. The molecule has 0 radical (unpaired) electrons. The molecule has 0 amide bonds. The third kappa shape index (κ3) is 4.27. The van der Waals surface area contributed by atoms with Crippen molar-refractivity contribution in [3.63, 3.8) is 0 Å². The molecule has 1 saturated heterocycles. The van der Waals surface area contributed by atoms with Crippen molar-refractivity contribution in [1.29, 1.82) is 5.26 Å². The number of piperidine rings is 1. The topological polar surface area (TPSA) is 42.3 Å². The minimum absolute atomic E-state index is 0.319. The van der Waals surface area contributed by atoms with Gasteiger partial charge in [-0.15, -0.1) is 0 Å². The van der Waals surface area contributed by atoms with Gasteiger partial charge in [0.15, 0.2) is 0 Å². The minimum Gasteiger partial charge on any atom is -0.303 e. The standard InChI is InChI=1S/C13H26N4/c1-4-17(5-2)10-8-15-13(11-14)7-6-9-16(3)12-13/h15H,4-10,12H2,1-3H3. The average Bonchev–Trinajstić information content (AvgIpc) is 2.35. The van der Waals surface area contributed by atoms with E-state index in [-0.39, 0.29) is 5.54 Å². The molecule has 0 aromatic carbocycles. The van der Waals surface area contributed by atoms with Gasteiger partial charge < -0.3 is 9.80 Å². The second-order valence-electron chi connectivity index (χ2n) is 4.99. The Bertz CT molecular complexity index is 257. The lowest BCUT2D eigenvalue weighted by Crippen LogP contribution is -2.56. The van der Waals surface area contributed by atoms with Gasteiger partial charge in [0.05, 0.1) is 6.07 Å². The van der Waals surface area contributed by atoms with Crippen LogP contribution in [0.2, 0.25) is 0 Å². The number of likely N-dealkylation sites (tertiary alicyclic amines) is 1. The lowest BCUT2D eigenvalue weighted by atomic mass is 9.91. The number of nitrogens with zero attached hydrogens (tertiary/aromatic N) is 3. The van der Waals surface area contributed by atoms with E-state index >= 15 is 0 Å². The summed E-state index contributed by atoms with van der Waals surface area (Å²) in [5, 5.41) is 12.9. The summed E-state index contributed by atoms with van der Waals surface area (Å²) < 4.78 is 0. The number of hydrogen-bond acceptors (Lipinski definition) is 4. The van der Waals surface area contributed by atoms with Gasteiger partial charge in [-0.25, -0.2) is 0 Å². The zero-order valence-electron chi connectivity index (χ0n) is 11.5. The van der Waals surface area contributed by atoms with Crippen LogP contribution in [0, 0.1) is 11.3 Å². The molecule has 1 N–H and O–H groups in total. The molecule has 1 fully saturated rings. The molecule has 1 aliphatic heterocycles. The first-order chi connectivity index (χ1) is 8.15. The molecule has 1 heterocycles. The summed E-state index contributed by atoms with van der Waals surface area (Å²) in [4.78, 5) is 4.63. The Morgan fingerprint density at radius 2 is 2.12 bits per heavy atom. The molecule has 4 heteroatoms. The van der Waals surface area contributed by atoms with E-state index in [0.717, 1.165) is 52.1 Å². The van der Waals surface area contributed by atoms with Crippen LogP contribution >= 0.6 is 0 Å². The lowest BCUT2D eigenvalue weighted by Gasteiger charge is -2.37. The molecule has 0 spiro atoms. The maximum absolute atomic E-state index is 9.39. The number of nitrogens with one attached hydrogen (secondary N) is 1. The van der Waals surface area contributed by atoms with Gasteiger partial charge >= 0.3 is 0 Å². The van der Waals surface area contributed by atoms with Crippen LogP contribution in [0.25, 0.3) is 0 Å². The average molecular weight is 238 g/mol. The molecule has 0 aromatic rings. The zero-order valence-corrected chi connectivity index (χ0v) is 11.5. The minimum atomic E-state index is -0.319. The van der Waals surface area contributed by atoms with Crippen molar-refractivity contribution in [2.75, 3.05) is 46.3 Å². The lowest BCUT2D eigenvalue weighted by molar-refractivity contribution is 0.178. The third-order valence-corrected chi connectivity index (χ3v) is 3.68. The summed E-state index contributed by atoms with van der Waals surface area (Å²) in [6.07, 6.45) is 2.09. The van der Waals surface area contributed by atoms with E-state index in [1.165, 1.54) is 0 Å². The molecule has 0 bridgehead atoms. The Balaban J connectivity index is 2.39. The fraction of sp³-hybridized carbons (Fsp3) is 0.923. The highest BCUT2D eigenvalue weighted by atomic mass is 15.2. The molecular formula is C13H26N4. The van der Waals surface area contributed by atoms with E-state index in [1.807, 2.05) is 0 Å². The van der Waals surface area contributed by atoms with Gasteiger partial charge in [0.1, 0.15) is 5.54 Å². The van der Waals surface area contributed by atoms with Crippen molar-refractivity contribution >= 4 is 0 Å². The number of likely N-dealkylation sites (N-methyl/N-ethyl adjacent to an activating group) is 2. The van der Waals surface area contributed by atoms with E-state index in [0.29, 0.717) is 0 Å². The van der Waals surface area contributed by atoms with Gasteiger partial charge in [-0.1, -0.05) is 13.8 Å². The van der Waals surface area contributed by atoms with Crippen molar-refractivity contribution in [1.82, 2.24) is 15.1 Å². The highest BCUT2D eigenvalue weighted by Gasteiger charge is 2.33. The van der Waals surface area contributed by atoms with Crippen LogP contribution < -0.4 is 5.32 Å². The quantitative estimate of drug-likeness (QED) is 0.747. The maximum Gasteiger partial charge on any atom is 0.119 e. The third-order valence-electron chi connectivity index (χ3n) is 3.68. The fourth-order valence-electron chi connectivity index (χ4n) is 2.54. The molecule has 1 aliphatic rings. The summed E-state index contributed by atoms with van der Waals surface area (Å²) in [5.74, 6) is 0. The van der Waals surface area contributed by atoms with Gasteiger partial charge in [0.2, 0.25) is 0 Å². The predicted octanol–water partition coefficient (Wildman–Crippen LogP) is 0.906. The summed E-state index contributed by atoms with van der Waals surface area (Å²) in [6, 6.07) is 2.49. The first kappa shape index (κ1) is 14.4. The van der Waals surface area contributed by atoms with Gasteiger partial charge in [-0.3, -0.25) is 5.32 Å². The van der Waals surface area contributed by atoms with Gasteiger partial charge in [-0.2, -0.15) is 5.26 Å². The Labute approximate surface area is 106 Å². The van der Waals surface area contributed by atoms with Crippen LogP contribution in [-0.2, 0) is 0 Å². The zero-order chi connectivity index (χ0) is 12.7. The smallest absolute Gasteiger partial charge is 0.119 e. The van der Waals surface area contributed by atoms with Gasteiger partial charge in [0.25, 0.3) is 0 Å².